The molecule has 0 amide bonds. The molecule has 58 heavy (non-hydrogen) atoms. The van der Waals surface area contributed by atoms with Gasteiger partial charge in [-0.05, 0) is 111 Å². The molecule has 0 atom stereocenters. The highest BCUT2D eigenvalue weighted by molar-refractivity contribution is 5.69. The summed E-state index contributed by atoms with van der Waals surface area (Å²) in [5.74, 6) is 0.00831. The highest BCUT2D eigenvalue weighted by Crippen LogP contribution is 2.19. The molecule has 0 rings (SSSR count). The van der Waals surface area contributed by atoms with E-state index in [9.17, 15) is 9.59 Å². The Balaban J connectivity index is 4.22. The van der Waals surface area contributed by atoms with E-state index < -0.39 is 0 Å². The number of nitrogens with zero attached hydrogens (tertiary/aromatic N) is 1. The van der Waals surface area contributed by atoms with Gasteiger partial charge in [-0.15, -0.1) is 0 Å². The van der Waals surface area contributed by atoms with Crippen molar-refractivity contribution in [2.24, 2.45) is 0 Å². The smallest absolute Gasteiger partial charge is 0.306 e. The Labute approximate surface area is 361 Å². The molecule has 0 aromatic rings. The molecule has 0 unspecified atom stereocenters. The van der Waals surface area contributed by atoms with Crippen LogP contribution >= 0.6 is 0 Å². The van der Waals surface area contributed by atoms with Crippen LogP contribution in [0.4, 0.5) is 0 Å². The molecule has 0 heterocycles. The number of hydrogen-bond donors (Lipinski definition) is 1. The third-order valence-electron chi connectivity index (χ3n) is 11.3. The second-order valence-electron chi connectivity index (χ2n) is 17.6. The summed E-state index contributed by atoms with van der Waals surface area (Å²) in [6.07, 6.45) is 36.8. The van der Waals surface area contributed by atoms with Crippen molar-refractivity contribution >= 4 is 11.9 Å². The summed E-state index contributed by atoms with van der Waals surface area (Å²) in [5, 5.41) is 3.66. The van der Waals surface area contributed by atoms with E-state index >= 15 is 0 Å². The number of esters is 2. The molecule has 0 aromatic heterocycles. The van der Waals surface area contributed by atoms with Crippen molar-refractivity contribution in [2.45, 2.75) is 258 Å². The van der Waals surface area contributed by atoms with Crippen LogP contribution < -0.4 is 5.32 Å². The maximum absolute atomic E-state index is 12.6. The van der Waals surface area contributed by atoms with E-state index in [4.69, 9.17) is 18.9 Å². The molecule has 1 N–H and O–H groups in total. The van der Waals surface area contributed by atoms with Gasteiger partial charge in [-0.1, -0.05) is 143 Å². The molecular formula is C50H100N2O6. The average Bonchev–Trinajstić information content (AvgIpc) is 3.20. The lowest BCUT2D eigenvalue weighted by atomic mass is 10.0. The number of rotatable bonds is 47. The van der Waals surface area contributed by atoms with Gasteiger partial charge >= 0.3 is 11.9 Å². The van der Waals surface area contributed by atoms with Gasteiger partial charge in [-0.25, -0.2) is 0 Å². The van der Waals surface area contributed by atoms with Crippen molar-refractivity contribution in [3.63, 3.8) is 0 Å². The van der Waals surface area contributed by atoms with Crippen molar-refractivity contribution in [1.29, 1.82) is 0 Å². The van der Waals surface area contributed by atoms with E-state index in [1.165, 1.54) is 103 Å². The monoisotopic (exact) mass is 825 g/mol. The molecule has 0 fully saturated rings. The summed E-state index contributed by atoms with van der Waals surface area (Å²) in [4.78, 5) is 27.4. The van der Waals surface area contributed by atoms with Crippen LogP contribution in [0, 0.1) is 0 Å². The second-order valence-corrected chi connectivity index (χ2v) is 17.6. The summed E-state index contributed by atoms with van der Waals surface area (Å²) in [5.41, 5.74) is 0. The normalized spacial score (nSPS) is 11.8. The van der Waals surface area contributed by atoms with E-state index in [1.54, 1.807) is 0 Å². The minimum Gasteiger partial charge on any atom is -0.462 e. The standard InChI is InChI=1S/C50H100N2O6/c1-7-11-15-25-34-47(35-26-16-12-8-2)57-49(53)38-29-21-19-23-31-42-55-44-46(51-40-33-41-52(5)6)45-56-43-32-24-20-22-30-39-50(54)58-48(36-27-17-13-9-3)37-28-18-14-10-4/h46-48,51H,7-45H2,1-6H3. The van der Waals surface area contributed by atoms with Crippen molar-refractivity contribution < 1.29 is 28.5 Å². The van der Waals surface area contributed by atoms with Crippen LogP contribution in [0.15, 0.2) is 0 Å². The SMILES string of the molecule is CCCCCCC(CCCCCC)OC(=O)CCCCCCCOCC(COCCCCCCCC(=O)OC(CCCCCC)CCCCCC)NCCCN(C)C. The number of carbonyl (C=O) groups excluding carboxylic acids is 2. The molecule has 0 saturated carbocycles. The molecule has 0 aromatic carbocycles. The number of nitrogens with one attached hydrogen (secondary N) is 1. The van der Waals surface area contributed by atoms with E-state index in [0.717, 1.165) is 123 Å². The zero-order valence-electron chi connectivity index (χ0n) is 39.7. The molecule has 0 spiro atoms. The van der Waals surface area contributed by atoms with E-state index in [1.807, 2.05) is 0 Å². The third kappa shape index (κ3) is 41.5. The van der Waals surface area contributed by atoms with E-state index in [0.29, 0.717) is 26.1 Å². The molecule has 0 saturated heterocycles. The summed E-state index contributed by atoms with van der Waals surface area (Å²) in [6.45, 7) is 13.8. The Hall–Kier alpha value is -1.22. The third-order valence-corrected chi connectivity index (χ3v) is 11.3. The molecular weight excluding hydrogens is 725 g/mol. The summed E-state index contributed by atoms with van der Waals surface area (Å²) < 4.78 is 24.1. The zero-order chi connectivity index (χ0) is 42.6. The number of hydrogen-bond acceptors (Lipinski definition) is 8. The first-order valence-electron chi connectivity index (χ1n) is 25.3. The fourth-order valence-corrected chi connectivity index (χ4v) is 7.54. The zero-order valence-corrected chi connectivity index (χ0v) is 39.7. The van der Waals surface area contributed by atoms with Crippen molar-refractivity contribution in [3.8, 4) is 0 Å². The van der Waals surface area contributed by atoms with Gasteiger partial charge in [-0.3, -0.25) is 9.59 Å². The van der Waals surface area contributed by atoms with Gasteiger partial charge in [0.05, 0.1) is 19.3 Å². The molecule has 346 valence electrons. The fourth-order valence-electron chi connectivity index (χ4n) is 7.54. The van der Waals surface area contributed by atoms with Gasteiger partial charge in [-0.2, -0.15) is 0 Å². The van der Waals surface area contributed by atoms with Crippen molar-refractivity contribution in [1.82, 2.24) is 10.2 Å². The van der Waals surface area contributed by atoms with Crippen LogP contribution in [0.1, 0.15) is 240 Å². The maximum Gasteiger partial charge on any atom is 0.306 e. The largest absolute Gasteiger partial charge is 0.462 e. The Bertz CT molecular complexity index is 774. The lowest BCUT2D eigenvalue weighted by Gasteiger charge is -2.20. The summed E-state index contributed by atoms with van der Waals surface area (Å²) in [7, 11) is 4.23. The maximum atomic E-state index is 12.6. The molecule has 0 aliphatic carbocycles. The topological polar surface area (TPSA) is 86.3 Å². The Morgan fingerprint density at radius 2 is 0.793 bits per heavy atom. The number of carbonyl (C=O) groups is 2. The second kappa shape index (κ2) is 45.3. The van der Waals surface area contributed by atoms with Crippen LogP contribution in [0.5, 0.6) is 0 Å². The summed E-state index contributed by atoms with van der Waals surface area (Å²) >= 11 is 0. The van der Waals surface area contributed by atoms with Gasteiger partial charge in [0, 0.05) is 26.1 Å². The van der Waals surface area contributed by atoms with Gasteiger partial charge in [0.1, 0.15) is 12.2 Å². The van der Waals surface area contributed by atoms with E-state index in [-0.39, 0.29) is 30.2 Å². The lowest BCUT2D eigenvalue weighted by Crippen LogP contribution is -2.39. The average molecular weight is 825 g/mol. The van der Waals surface area contributed by atoms with Crippen LogP contribution in [0.2, 0.25) is 0 Å². The Morgan fingerprint density at radius 3 is 1.16 bits per heavy atom. The Morgan fingerprint density at radius 1 is 0.448 bits per heavy atom. The van der Waals surface area contributed by atoms with Gasteiger partial charge < -0.3 is 29.2 Å². The van der Waals surface area contributed by atoms with Crippen molar-refractivity contribution in [3.05, 3.63) is 0 Å². The highest BCUT2D eigenvalue weighted by Gasteiger charge is 2.16. The van der Waals surface area contributed by atoms with Gasteiger partial charge in [0.25, 0.3) is 0 Å². The number of ether oxygens (including phenoxy) is 4. The molecule has 8 nitrogen and oxygen atoms in total. The van der Waals surface area contributed by atoms with Gasteiger partial charge in [0.15, 0.2) is 0 Å². The first-order chi connectivity index (χ1) is 28.4. The molecule has 0 bridgehead atoms. The van der Waals surface area contributed by atoms with Crippen LogP contribution in [-0.4, -0.2) is 88.7 Å². The van der Waals surface area contributed by atoms with Crippen molar-refractivity contribution in [2.75, 3.05) is 53.6 Å². The quantitative estimate of drug-likeness (QED) is 0.0480. The molecule has 0 aliphatic rings. The first-order valence-corrected chi connectivity index (χ1v) is 25.3. The Kier molecular flexibility index (Phi) is 44.4. The predicted octanol–water partition coefficient (Wildman–Crippen LogP) is 13.3. The molecule has 8 heteroatoms. The highest BCUT2D eigenvalue weighted by atomic mass is 16.5. The molecule has 0 aliphatic heterocycles. The van der Waals surface area contributed by atoms with Gasteiger partial charge in [0.2, 0.25) is 0 Å². The van der Waals surface area contributed by atoms with Crippen LogP contribution in [0.25, 0.3) is 0 Å². The van der Waals surface area contributed by atoms with Crippen LogP contribution in [-0.2, 0) is 28.5 Å². The minimum atomic E-state index is 0.00415. The van der Waals surface area contributed by atoms with Crippen LogP contribution in [0.3, 0.4) is 0 Å². The lowest BCUT2D eigenvalue weighted by molar-refractivity contribution is -0.151. The van der Waals surface area contributed by atoms with E-state index in [2.05, 4.69) is 52.0 Å². The fraction of sp³-hybridized carbons (Fsp3) is 0.960. The molecule has 0 radical (unpaired) electrons. The predicted molar refractivity (Wildman–Crippen MR) is 247 cm³/mol. The first kappa shape index (κ1) is 56.8. The number of unbranched alkanes of at least 4 members (excludes halogenated alkanes) is 20. The summed E-state index contributed by atoms with van der Waals surface area (Å²) in [6, 6.07) is 0.198. The minimum absolute atomic E-state index is 0.00415.